The molecule has 2 rings (SSSR count). The summed E-state index contributed by atoms with van der Waals surface area (Å²) < 4.78 is 5.13. The molecule has 0 spiro atoms. The number of halogens is 1. The molecule has 4 nitrogen and oxygen atoms in total. The highest BCUT2D eigenvalue weighted by Gasteiger charge is 2.16. The third-order valence-electron chi connectivity index (χ3n) is 2.23. The monoisotopic (exact) mass is 237 g/mol. The average Bonchev–Trinajstić information content (AvgIpc) is 2.28. The van der Waals surface area contributed by atoms with E-state index >= 15 is 0 Å². The Morgan fingerprint density at radius 2 is 2.31 bits per heavy atom. The fraction of sp³-hybridized carbons (Fsp3) is 0.0909. The SMILES string of the molecule is COc1c(Cl)cc(C(=O)O)c2ncccc12. The van der Waals surface area contributed by atoms with Crippen LogP contribution in [-0.4, -0.2) is 23.2 Å². The molecular weight excluding hydrogens is 230 g/mol. The number of aromatic carboxylic acids is 1. The van der Waals surface area contributed by atoms with E-state index < -0.39 is 5.97 Å². The summed E-state index contributed by atoms with van der Waals surface area (Å²) in [5.41, 5.74) is 0.442. The minimum absolute atomic E-state index is 0.0707. The van der Waals surface area contributed by atoms with Crippen molar-refractivity contribution in [3.8, 4) is 5.75 Å². The van der Waals surface area contributed by atoms with E-state index in [0.717, 1.165) is 0 Å². The summed E-state index contributed by atoms with van der Waals surface area (Å²) in [6.07, 6.45) is 1.53. The molecule has 82 valence electrons. The number of ether oxygens (including phenoxy) is 1. The maximum absolute atomic E-state index is 11.0. The van der Waals surface area contributed by atoms with E-state index in [9.17, 15) is 4.79 Å². The van der Waals surface area contributed by atoms with Crippen molar-refractivity contribution < 1.29 is 14.6 Å². The fourth-order valence-electron chi connectivity index (χ4n) is 1.56. The highest BCUT2D eigenvalue weighted by Crippen LogP contribution is 2.34. The van der Waals surface area contributed by atoms with Crippen LogP contribution in [0.5, 0.6) is 5.75 Å². The Kier molecular flexibility index (Phi) is 2.66. The van der Waals surface area contributed by atoms with E-state index in [1.54, 1.807) is 12.1 Å². The zero-order chi connectivity index (χ0) is 11.7. The van der Waals surface area contributed by atoms with Gasteiger partial charge < -0.3 is 9.84 Å². The second-order valence-electron chi connectivity index (χ2n) is 3.14. The number of nitrogens with zero attached hydrogens (tertiary/aromatic N) is 1. The van der Waals surface area contributed by atoms with Crippen LogP contribution in [0.3, 0.4) is 0 Å². The van der Waals surface area contributed by atoms with Gasteiger partial charge in [-0.25, -0.2) is 4.79 Å². The number of hydrogen-bond acceptors (Lipinski definition) is 3. The molecule has 0 aliphatic carbocycles. The number of methoxy groups -OCH3 is 1. The Bertz CT molecular complexity index is 568. The number of carboxylic acid groups (broad SMARTS) is 1. The van der Waals surface area contributed by atoms with Gasteiger partial charge in [-0.3, -0.25) is 4.98 Å². The lowest BCUT2D eigenvalue weighted by Crippen LogP contribution is -2.00. The van der Waals surface area contributed by atoms with E-state index in [-0.39, 0.29) is 10.6 Å². The quantitative estimate of drug-likeness (QED) is 0.872. The smallest absolute Gasteiger partial charge is 0.337 e. The third kappa shape index (κ3) is 1.57. The molecule has 0 saturated carbocycles. The van der Waals surface area contributed by atoms with Gasteiger partial charge >= 0.3 is 5.97 Å². The summed E-state index contributed by atoms with van der Waals surface area (Å²) >= 11 is 5.94. The zero-order valence-corrected chi connectivity index (χ0v) is 9.15. The van der Waals surface area contributed by atoms with Gasteiger partial charge in [0.15, 0.2) is 0 Å². The molecule has 0 bridgehead atoms. The van der Waals surface area contributed by atoms with Gasteiger partial charge in [0.25, 0.3) is 0 Å². The summed E-state index contributed by atoms with van der Waals surface area (Å²) in [6.45, 7) is 0. The number of fused-ring (bicyclic) bond motifs is 1. The Balaban J connectivity index is 2.91. The molecule has 0 aliphatic rings. The summed E-state index contributed by atoms with van der Waals surface area (Å²) in [7, 11) is 1.48. The Morgan fingerprint density at radius 3 is 2.94 bits per heavy atom. The number of pyridine rings is 1. The number of rotatable bonds is 2. The predicted octanol–water partition coefficient (Wildman–Crippen LogP) is 2.59. The van der Waals surface area contributed by atoms with Crippen molar-refractivity contribution >= 4 is 28.5 Å². The van der Waals surface area contributed by atoms with Crippen LogP contribution < -0.4 is 4.74 Å². The van der Waals surface area contributed by atoms with E-state index in [2.05, 4.69) is 4.98 Å². The number of carbonyl (C=O) groups is 1. The number of aromatic nitrogens is 1. The highest BCUT2D eigenvalue weighted by molar-refractivity contribution is 6.34. The van der Waals surface area contributed by atoms with Gasteiger partial charge in [0.2, 0.25) is 0 Å². The molecule has 0 amide bonds. The molecule has 0 saturated heterocycles. The first kappa shape index (κ1) is 10.7. The highest BCUT2D eigenvalue weighted by atomic mass is 35.5. The normalized spacial score (nSPS) is 10.4. The number of hydrogen-bond donors (Lipinski definition) is 1. The maximum Gasteiger partial charge on any atom is 0.337 e. The van der Waals surface area contributed by atoms with Crippen LogP contribution in [0.15, 0.2) is 24.4 Å². The lowest BCUT2D eigenvalue weighted by atomic mass is 10.1. The minimum Gasteiger partial charge on any atom is -0.494 e. The summed E-state index contributed by atoms with van der Waals surface area (Å²) in [6, 6.07) is 4.77. The van der Waals surface area contributed by atoms with Crippen molar-refractivity contribution in [1.29, 1.82) is 0 Å². The molecule has 16 heavy (non-hydrogen) atoms. The molecule has 1 heterocycles. The average molecular weight is 238 g/mol. The summed E-state index contributed by atoms with van der Waals surface area (Å²) in [4.78, 5) is 15.1. The second-order valence-corrected chi connectivity index (χ2v) is 3.55. The number of carboxylic acids is 1. The van der Waals surface area contributed by atoms with Crippen molar-refractivity contribution in [2.24, 2.45) is 0 Å². The molecule has 1 aromatic heterocycles. The largest absolute Gasteiger partial charge is 0.494 e. The van der Waals surface area contributed by atoms with Gasteiger partial charge in [0, 0.05) is 11.6 Å². The Hall–Kier alpha value is -1.81. The minimum atomic E-state index is -1.06. The molecule has 1 N–H and O–H groups in total. The lowest BCUT2D eigenvalue weighted by molar-refractivity contribution is 0.0699. The first-order valence-corrected chi connectivity index (χ1v) is 4.87. The van der Waals surface area contributed by atoms with Crippen LogP contribution in [-0.2, 0) is 0 Å². The van der Waals surface area contributed by atoms with Crippen molar-refractivity contribution in [2.45, 2.75) is 0 Å². The van der Waals surface area contributed by atoms with E-state index in [4.69, 9.17) is 21.4 Å². The maximum atomic E-state index is 11.0. The lowest BCUT2D eigenvalue weighted by Gasteiger charge is -2.09. The Morgan fingerprint density at radius 1 is 1.56 bits per heavy atom. The molecule has 0 atom stereocenters. The van der Waals surface area contributed by atoms with Gasteiger partial charge in [-0.1, -0.05) is 11.6 Å². The van der Waals surface area contributed by atoms with Gasteiger partial charge in [0.05, 0.1) is 23.2 Å². The van der Waals surface area contributed by atoms with Crippen LogP contribution in [0.2, 0.25) is 5.02 Å². The van der Waals surface area contributed by atoms with Crippen LogP contribution in [0, 0.1) is 0 Å². The van der Waals surface area contributed by atoms with E-state index in [0.29, 0.717) is 16.7 Å². The van der Waals surface area contributed by atoms with Crippen LogP contribution in [0.4, 0.5) is 0 Å². The molecule has 0 radical (unpaired) electrons. The van der Waals surface area contributed by atoms with E-state index in [1.807, 2.05) is 0 Å². The van der Waals surface area contributed by atoms with Crippen molar-refractivity contribution in [2.75, 3.05) is 7.11 Å². The molecule has 5 heteroatoms. The van der Waals surface area contributed by atoms with Crippen molar-refractivity contribution in [3.63, 3.8) is 0 Å². The summed E-state index contributed by atoms with van der Waals surface area (Å²) in [5, 5.41) is 9.89. The van der Waals surface area contributed by atoms with Crippen LogP contribution >= 0.6 is 11.6 Å². The summed E-state index contributed by atoms with van der Waals surface area (Å²) in [5.74, 6) is -0.622. The second kappa shape index (κ2) is 3.98. The molecule has 0 fully saturated rings. The van der Waals surface area contributed by atoms with E-state index in [1.165, 1.54) is 19.4 Å². The number of benzene rings is 1. The van der Waals surface area contributed by atoms with Gasteiger partial charge in [0.1, 0.15) is 5.75 Å². The topological polar surface area (TPSA) is 59.4 Å². The Labute approximate surface area is 96.4 Å². The van der Waals surface area contributed by atoms with Gasteiger partial charge in [-0.15, -0.1) is 0 Å². The van der Waals surface area contributed by atoms with Crippen LogP contribution in [0.25, 0.3) is 10.9 Å². The predicted molar refractivity (Wildman–Crippen MR) is 60.3 cm³/mol. The van der Waals surface area contributed by atoms with Gasteiger partial charge in [-0.2, -0.15) is 0 Å². The first-order chi connectivity index (χ1) is 7.65. The molecule has 2 aromatic rings. The van der Waals surface area contributed by atoms with Crippen LogP contribution in [0.1, 0.15) is 10.4 Å². The van der Waals surface area contributed by atoms with Gasteiger partial charge in [-0.05, 0) is 18.2 Å². The molecular formula is C11H8ClNO3. The molecule has 0 aliphatic heterocycles. The first-order valence-electron chi connectivity index (χ1n) is 4.49. The van der Waals surface area contributed by atoms with Crippen molar-refractivity contribution in [3.05, 3.63) is 35.0 Å². The zero-order valence-electron chi connectivity index (χ0n) is 8.40. The fourth-order valence-corrected chi connectivity index (χ4v) is 1.85. The van der Waals surface area contributed by atoms with Crippen molar-refractivity contribution in [1.82, 2.24) is 4.98 Å². The molecule has 0 unspecified atom stereocenters. The molecule has 1 aromatic carbocycles. The standard InChI is InChI=1S/C11H8ClNO3/c1-16-10-6-3-2-4-13-9(6)7(11(14)15)5-8(10)12/h2-5H,1H3,(H,14,15). The third-order valence-corrected chi connectivity index (χ3v) is 2.51.